The summed E-state index contributed by atoms with van der Waals surface area (Å²) >= 11 is 0. The van der Waals surface area contributed by atoms with Crippen LogP contribution in [0, 0.1) is 0 Å². The number of aromatic nitrogens is 1. The second-order valence-electron chi connectivity index (χ2n) is 6.55. The van der Waals surface area contributed by atoms with E-state index in [1.165, 1.54) is 0 Å². The molecule has 1 aliphatic rings. The Hall–Kier alpha value is -2.40. The summed E-state index contributed by atoms with van der Waals surface area (Å²) < 4.78 is 5.32. The second kappa shape index (κ2) is 8.12. The molecule has 25 heavy (non-hydrogen) atoms. The summed E-state index contributed by atoms with van der Waals surface area (Å²) in [7, 11) is 3.65. The minimum absolute atomic E-state index is 0.150. The number of rotatable bonds is 6. The Labute approximate surface area is 149 Å². The molecule has 2 heterocycles. The monoisotopic (exact) mass is 339 g/mol. The number of carbonyl (C=O) groups excluding carboxylic acids is 1. The van der Waals surface area contributed by atoms with Gasteiger partial charge in [0.2, 0.25) is 5.91 Å². The summed E-state index contributed by atoms with van der Waals surface area (Å²) in [5.74, 6) is 1.02. The van der Waals surface area contributed by atoms with Crippen LogP contribution < -0.4 is 4.74 Å². The van der Waals surface area contributed by atoms with E-state index in [0.717, 1.165) is 42.8 Å². The molecule has 0 aliphatic carbocycles. The fourth-order valence-electron chi connectivity index (χ4n) is 3.44. The summed E-state index contributed by atoms with van der Waals surface area (Å²) in [6, 6.07) is 12.2. The van der Waals surface area contributed by atoms with E-state index in [2.05, 4.69) is 16.0 Å². The van der Waals surface area contributed by atoms with Gasteiger partial charge in [-0.1, -0.05) is 12.1 Å². The van der Waals surface area contributed by atoms with Gasteiger partial charge in [-0.15, -0.1) is 0 Å². The van der Waals surface area contributed by atoms with Crippen molar-refractivity contribution in [3.8, 4) is 5.75 Å². The lowest BCUT2D eigenvalue weighted by molar-refractivity contribution is -0.133. The lowest BCUT2D eigenvalue weighted by Gasteiger charge is -2.27. The molecule has 0 spiro atoms. The molecule has 0 N–H and O–H groups in total. The number of hydrogen-bond acceptors (Lipinski definition) is 4. The summed E-state index contributed by atoms with van der Waals surface area (Å²) in [6.45, 7) is 1.98. The zero-order valence-corrected chi connectivity index (χ0v) is 14.9. The third-order valence-corrected chi connectivity index (χ3v) is 4.66. The van der Waals surface area contributed by atoms with Gasteiger partial charge in [0.15, 0.2) is 0 Å². The van der Waals surface area contributed by atoms with Gasteiger partial charge in [-0.2, -0.15) is 0 Å². The third kappa shape index (κ3) is 4.37. The van der Waals surface area contributed by atoms with Crippen LogP contribution in [-0.2, 0) is 11.3 Å². The first-order valence-corrected chi connectivity index (χ1v) is 8.68. The van der Waals surface area contributed by atoms with Gasteiger partial charge in [0.1, 0.15) is 5.75 Å². The topological polar surface area (TPSA) is 45.7 Å². The van der Waals surface area contributed by atoms with Crippen molar-refractivity contribution in [2.45, 2.75) is 25.4 Å². The number of methoxy groups -OCH3 is 1. The van der Waals surface area contributed by atoms with E-state index in [0.29, 0.717) is 6.54 Å². The van der Waals surface area contributed by atoms with Crippen molar-refractivity contribution in [3.63, 3.8) is 0 Å². The lowest BCUT2D eigenvalue weighted by Crippen LogP contribution is -2.38. The summed E-state index contributed by atoms with van der Waals surface area (Å²) in [6.07, 6.45) is 5.61. The van der Waals surface area contributed by atoms with Crippen LogP contribution in [0.2, 0.25) is 0 Å². The molecule has 1 atom stereocenters. The molecule has 0 radical (unpaired) electrons. The van der Waals surface area contributed by atoms with Gasteiger partial charge in [0.05, 0.1) is 19.7 Å². The lowest BCUT2D eigenvalue weighted by atomic mass is 10.0. The minimum Gasteiger partial charge on any atom is -0.497 e. The second-order valence-corrected chi connectivity index (χ2v) is 6.55. The normalized spacial score (nSPS) is 17.1. The number of benzene rings is 1. The first-order chi connectivity index (χ1) is 12.2. The van der Waals surface area contributed by atoms with Gasteiger partial charge in [-0.3, -0.25) is 14.7 Å². The highest BCUT2D eigenvalue weighted by molar-refractivity contribution is 5.79. The predicted molar refractivity (Wildman–Crippen MR) is 97.3 cm³/mol. The van der Waals surface area contributed by atoms with Crippen LogP contribution in [0.1, 0.15) is 30.0 Å². The van der Waals surface area contributed by atoms with Crippen molar-refractivity contribution in [2.75, 3.05) is 27.2 Å². The van der Waals surface area contributed by atoms with Crippen molar-refractivity contribution >= 4 is 5.91 Å². The minimum atomic E-state index is 0.150. The molecule has 5 nitrogen and oxygen atoms in total. The van der Waals surface area contributed by atoms with E-state index in [4.69, 9.17) is 4.74 Å². The fourth-order valence-corrected chi connectivity index (χ4v) is 3.44. The van der Waals surface area contributed by atoms with E-state index in [1.54, 1.807) is 19.5 Å². The Balaban J connectivity index is 1.64. The molecule has 1 saturated heterocycles. The molecule has 132 valence electrons. The highest BCUT2D eigenvalue weighted by Crippen LogP contribution is 2.33. The van der Waals surface area contributed by atoms with Gasteiger partial charge in [0.25, 0.3) is 0 Å². The van der Waals surface area contributed by atoms with E-state index in [9.17, 15) is 4.79 Å². The standard InChI is InChI=1S/C20H25N3O2/c1-22(14-16-8-10-21-11-9-16)15-20(24)23-12-4-7-19(23)17-5-3-6-18(13-17)25-2/h3,5-6,8-11,13,19H,4,7,12,14-15H2,1-2H3/t19-/m1/s1. The average Bonchev–Trinajstić information content (AvgIpc) is 3.12. The number of carbonyl (C=O) groups is 1. The van der Waals surface area contributed by atoms with Crippen LogP contribution in [0.15, 0.2) is 48.8 Å². The highest BCUT2D eigenvalue weighted by atomic mass is 16.5. The quantitative estimate of drug-likeness (QED) is 0.812. The first-order valence-electron chi connectivity index (χ1n) is 8.68. The number of likely N-dealkylation sites (tertiary alicyclic amines) is 1. The predicted octanol–water partition coefficient (Wildman–Crippen LogP) is 2.89. The summed E-state index contributed by atoms with van der Waals surface area (Å²) in [5.41, 5.74) is 2.32. The first kappa shape index (κ1) is 17.4. The van der Waals surface area contributed by atoms with Crippen molar-refractivity contribution in [2.24, 2.45) is 0 Å². The Morgan fingerprint density at radius 2 is 2.12 bits per heavy atom. The Morgan fingerprint density at radius 1 is 1.32 bits per heavy atom. The van der Waals surface area contributed by atoms with Gasteiger partial charge < -0.3 is 9.64 Å². The number of ether oxygens (including phenoxy) is 1. The third-order valence-electron chi connectivity index (χ3n) is 4.66. The molecule has 3 rings (SSSR count). The SMILES string of the molecule is COc1cccc([C@H]2CCCN2C(=O)CN(C)Cc2ccncc2)c1. The van der Waals surface area contributed by atoms with Crippen LogP contribution in [-0.4, -0.2) is 47.9 Å². The Bertz CT molecular complexity index is 705. The van der Waals surface area contributed by atoms with E-state index in [-0.39, 0.29) is 11.9 Å². The van der Waals surface area contributed by atoms with Crippen LogP contribution in [0.4, 0.5) is 0 Å². The number of amides is 1. The Morgan fingerprint density at radius 3 is 2.88 bits per heavy atom. The summed E-state index contributed by atoms with van der Waals surface area (Å²) in [5, 5.41) is 0. The molecular weight excluding hydrogens is 314 g/mol. The van der Waals surface area contributed by atoms with Gasteiger partial charge in [-0.25, -0.2) is 0 Å². The molecule has 1 fully saturated rings. The largest absolute Gasteiger partial charge is 0.497 e. The molecular formula is C20H25N3O2. The van der Waals surface area contributed by atoms with Gasteiger partial charge in [-0.05, 0) is 55.3 Å². The zero-order chi connectivity index (χ0) is 17.6. The molecule has 0 bridgehead atoms. The van der Waals surface area contributed by atoms with Crippen molar-refractivity contribution in [1.29, 1.82) is 0 Å². The molecule has 0 unspecified atom stereocenters. The molecule has 1 amide bonds. The molecule has 1 aromatic carbocycles. The maximum Gasteiger partial charge on any atom is 0.237 e. The number of hydrogen-bond donors (Lipinski definition) is 0. The van der Waals surface area contributed by atoms with Crippen LogP contribution in [0.5, 0.6) is 5.75 Å². The summed E-state index contributed by atoms with van der Waals surface area (Å²) in [4.78, 5) is 20.9. The molecule has 1 aromatic heterocycles. The number of pyridine rings is 1. The smallest absolute Gasteiger partial charge is 0.237 e. The van der Waals surface area contributed by atoms with Crippen LogP contribution in [0.25, 0.3) is 0 Å². The van der Waals surface area contributed by atoms with E-state index < -0.39 is 0 Å². The Kier molecular flexibility index (Phi) is 5.66. The van der Waals surface area contributed by atoms with E-state index in [1.807, 2.05) is 42.3 Å². The molecule has 2 aromatic rings. The van der Waals surface area contributed by atoms with Crippen molar-refractivity contribution in [1.82, 2.24) is 14.8 Å². The molecule has 5 heteroatoms. The molecule has 0 saturated carbocycles. The van der Waals surface area contributed by atoms with Gasteiger partial charge in [0, 0.05) is 25.5 Å². The van der Waals surface area contributed by atoms with Gasteiger partial charge >= 0.3 is 0 Å². The maximum atomic E-state index is 12.8. The molecule has 1 aliphatic heterocycles. The number of nitrogens with zero attached hydrogens (tertiary/aromatic N) is 3. The van der Waals surface area contributed by atoms with Crippen molar-refractivity contribution < 1.29 is 9.53 Å². The van der Waals surface area contributed by atoms with Crippen LogP contribution >= 0.6 is 0 Å². The average molecular weight is 339 g/mol. The van der Waals surface area contributed by atoms with Crippen LogP contribution in [0.3, 0.4) is 0 Å². The zero-order valence-electron chi connectivity index (χ0n) is 14.9. The number of likely N-dealkylation sites (N-methyl/N-ethyl adjacent to an activating group) is 1. The maximum absolute atomic E-state index is 12.8. The van der Waals surface area contributed by atoms with E-state index >= 15 is 0 Å². The van der Waals surface area contributed by atoms with Crippen molar-refractivity contribution in [3.05, 3.63) is 59.9 Å². The highest BCUT2D eigenvalue weighted by Gasteiger charge is 2.30. The fraction of sp³-hybridized carbons (Fsp3) is 0.400.